The molecule has 1 N–H and O–H groups in total. The Hall–Kier alpha value is -2.92. The topological polar surface area (TPSA) is 72.3 Å². The first-order valence-electron chi connectivity index (χ1n) is 10.6. The molecule has 1 amide bonds. The van der Waals surface area contributed by atoms with E-state index in [0.29, 0.717) is 16.3 Å². The molecule has 1 saturated heterocycles. The van der Waals surface area contributed by atoms with Crippen LogP contribution in [0.2, 0.25) is 0 Å². The summed E-state index contributed by atoms with van der Waals surface area (Å²) in [6, 6.07) is 5.97. The van der Waals surface area contributed by atoms with Gasteiger partial charge < -0.3 is 15.0 Å². The number of piperidine rings is 1. The van der Waals surface area contributed by atoms with E-state index in [1.165, 1.54) is 40.4 Å². The van der Waals surface area contributed by atoms with Crippen LogP contribution in [-0.4, -0.2) is 57.1 Å². The predicted molar refractivity (Wildman–Crippen MR) is 119 cm³/mol. The van der Waals surface area contributed by atoms with E-state index in [2.05, 4.69) is 20.1 Å². The second-order valence-electron chi connectivity index (χ2n) is 8.01. The molecule has 0 bridgehead atoms. The molecule has 0 aliphatic carbocycles. The fraction of sp³-hybridized carbons (Fsp3) is 0.409. The van der Waals surface area contributed by atoms with E-state index in [9.17, 15) is 18.0 Å². The second-order valence-corrected chi connectivity index (χ2v) is 8.87. The molecule has 2 aromatic heterocycles. The number of carbonyl (C=O) groups is 1. The monoisotopic (exact) mass is 479 g/mol. The van der Waals surface area contributed by atoms with Gasteiger partial charge in [0.2, 0.25) is 0 Å². The van der Waals surface area contributed by atoms with Gasteiger partial charge in [0.05, 0.1) is 6.20 Å². The number of ether oxygens (including phenoxy) is 1. The van der Waals surface area contributed by atoms with Gasteiger partial charge in [-0.1, -0.05) is 12.1 Å². The summed E-state index contributed by atoms with van der Waals surface area (Å²) >= 11 is 1.29. The number of halogens is 3. The summed E-state index contributed by atoms with van der Waals surface area (Å²) in [5, 5.41) is 9.77. The fourth-order valence-corrected chi connectivity index (χ4v) is 4.74. The maximum absolute atomic E-state index is 13.2. The average molecular weight is 480 g/mol. The van der Waals surface area contributed by atoms with Gasteiger partial charge in [0.15, 0.2) is 5.75 Å². The van der Waals surface area contributed by atoms with Crippen LogP contribution in [0.25, 0.3) is 16.3 Å². The number of aromatic nitrogens is 3. The standard InChI is InChI=1S/C22H24F3N5O2S/c1-14(2)30(16-7-9-26-10-8-16)21(31)17-13-33-20(28-17)15-11-27-29(12-15)18-5-3-4-6-19(18)32-22(23,24)25/h3-6,11-14,16,26H,7-10H2,1-2H3. The molecule has 11 heteroatoms. The number of carbonyl (C=O) groups excluding carboxylic acids is 1. The van der Waals surface area contributed by atoms with Crippen LogP contribution < -0.4 is 10.1 Å². The van der Waals surface area contributed by atoms with Crippen molar-refractivity contribution in [2.45, 2.75) is 45.1 Å². The van der Waals surface area contributed by atoms with Crippen molar-refractivity contribution < 1.29 is 22.7 Å². The van der Waals surface area contributed by atoms with Gasteiger partial charge in [0.1, 0.15) is 16.4 Å². The lowest BCUT2D eigenvalue weighted by atomic mass is 10.0. The minimum absolute atomic E-state index is 0.0404. The van der Waals surface area contributed by atoms with Crippen molar-refractivity contribution in [2.24, 2.45) is 0 Å². The Morgan fingerprint density at radius 1 is 1.27 bits per heavy atom. The van der Waals surface area contributed by atoms with Crippen LogP contribution in [0.15, 0.2) is 42.0 Å². The van der Waals surface area contributed by atoms with Gasteiger partial charge >= 0.3 is 6.36 Å². The van der Waals surface area contributed by atoms with Crippen molar-refractivity contribution in [3.05, 3.63) is 47.7 Å². The van der Waals surface area contributed by atoms with Crippen molar-refractivity contribution in [3.8, 4) is 22.0 Å². The molecule has 33 heavy (non-hydrogen) atoms. The molecule has 176 valence electrons. The number of nitrogens with zero attached hydrogens (tertiary/aromatic N) is 4. The quantitative estimate of drug-likeness (QED) is 0.564. The summed E-state index contributed by atoms with van der Waals surface area (Å²) in [5.74, 6) is -0.472. The summed E-state index contributed by atoms with van der Waals surface area (Å²) in [6.07, 6.45) is 0.0523. The SMILES string of the molecule is CC(C)N(C(=O)c1csc(-c2cnn(-c3ccccc3OC(F)(F)F)c2)n1)C1CCNCC1. The smallest absolute Gasteiger partial charge is 0.403 e. The molecule has 0 radical (unpaired) electrons. The summed E-state index contributed by atoms with van der Waals surface area (Å²) < 4.78 is 43.6. The van der Waals surface area contributed by atoms with Crippen molar-refractivity contribution >= 4 is 17.2 Å². The van der Waals surface area contributed by atoms with E-state index < -0.39 is 6.36 Å². The number of hydrogen-bond donors (Lipinski definition) is 1. The number of thiazole rings is 1. The Balaban J connectivity index is 1.56. The number of para-hydroxylation sites is 2. The minimum atomic E-state index is -4.81. The minimum Gasteiger partial charge on any atom is -0.403 e. The van der Waals surface area contributed by atoms with Crippen LogP contribution >= 0.6 is 11.3 Å². The Bertz CT molecular complexity index is 1110. The summed E-state index contributed by atoms with van der Waals surface area (Å²) in [4.78, 5) is 19.7. The van der Waals surface area contributed by atoms with Gasteiger partial charge in [0.25, 0.3) is 5.91 Å². The summed E-state index contributed by atoms with van der Waals surface area (Å²) in [5.41, 5.74) is 1.10. The maximum Gasteiger partial charge on any atom is 0.573 e. The van der Waals surface area contributed by atoms with Crippen molar-refractivity contribution in [1.29, 1.82) is 0 Å². The molecule has 4 rings (SSSR count). The first-order valence-corrected chi connectivity index (χ1v) is 11.5. The lowest BCUT2D eigenvalue weighted by Crippen LogP contribution is -2.49. The zero-order valence-electron chi connectivity index (χ0n) is 18.2. The molecule has 1 fully saturated rings. The van der Waals surface area contributed by atoms with Gasteiger partial charge in [-0.3, -0.25) is 4.79 Å². The van der Waals surface area contributed by atoms with E-state index in [-0.39, 0.29) is 29.4 Å². The number of nitrogens with one attached hydrogen (secondary N) is 1. The zero-order valence-corrected chi connectivity index (χ0v) is 19.0. The van der Waals surface area contributed by atoms with Crippen molar-refractivity contribution in [3.63, 3.8) is 0 Å². The molecule has 1 aliphatic rings. The van der Waals surface area contributed by atoms with Crippen LogP contribution in [-0.2, 0) is 0 Å². The van der Waals surface area contributed by atoms with E-state index in [1.807, 2.05) is 18.7 Å². The van der Waals surface area contributed by atoms with Gasteiger partial charge in [-0.25, -0.2) is 9.67 Å². The molecule has 1 aliphatic heterocycles. The van der Waals surface area contributed by atoms with E-state index >= 15 is 0 Å². The number of benzene rings is 1. The third-order valence-electron chi connectivity index (χ3n) is 5.38. The first kappa shape index (κ1) is 23.2. The highest BCUT2D eigenvalue weighted by Gasteiger charge is 2.33. The van der Waals surface area contributed by atoms with E-state index in [0.717, 1.165) is 25.9 Å². The second kappa shape index (κ2) is 9.52. The maximum atomic E-state index is 13.2. The molecule has 7 nitrogen and oxygen atoms in total. The summed E-state index contributed by atoms with van der Waals surface area (Å²) in [7, 11) is 0. The van der Waals surface area contributed by atoms with Crippen LogP contribution in [0.1, 0.15) is 37.2 Å². The zero-order chi connectivity index (χ0) is 23.6. The van der Waals surface area contributed by atoms with Crippen molar-refractivity contribution in [2.75, 3.05) is 13.1 Å². The normalized spacial score (nSPS) is 15.1. The lowest BCUT2D eigenvalue weighted by Gasteiger charge is -2.37. The molecule has 3 heterocycles. The highest BCUT2D eigenvalue weighted by Crippen LogP contribution is 2.31. The van der Waals surface area contributed by atoms with Crippen LogP contribution in [0.3, 0.4) is 0 Å². The molecule has 3 aromatic rings. The van der Waals surface area contributed by atoms with Gasteiger partial charge in [-0.2, -0.15) is 5.10 Å². The van der Waals surface area contributed by atoms with Gasteiger partial charge in [-0.15, -0.1) is 24.5 Å². The molecular weight excluding hydrogens is 455 g/mol. The van der Waals surface area contributed by atoms with Crippen molar-refractivity contribution in [1.82, 2.24) is 25.0 Å². The van der Waals surface area contributed by atoms with Gasteiger partial charge in [0, 0.05) is 29.2 Å². The molecule has 0 atom stereocenters. The van der Waals surface area contributed by atoms with Crippen LogP contribution in [0.5, 0.6) is 5.75 Å². The Morgan fingerprint density at radius 2 is 2.00 bits per heavy atom. The molecule has 0 saturated carbocycles. The highest BCUT2D eigenvalue weighted by molar-refractivity contribution is 7.13. The first-order chi connectivity index (χ1) is 15.7. The van der Waals surface area contributed by atoms with E-state index in [1.54, 1.807) is 17.6 Å². The molecule has 0 spiro atoms. The lowest BCUT2D eigenvalue weighted by molar-refractivity contribution is -0.274. The number of rotatable bonds is 6. The van der Waals surface area contributed by atoms with Gasteiger partial charge in [-0.05, 0) is 51.9 Å². The fourth-order valence-electron chi connectivity index (χ4n) is 3.97. The molecule has 1 aromatic carbocycles. The molecule has 0 unspecified atom stereocenters. The van der Waals surface area contributed by atoms with E-state index in [4.69, 9.17) is 0 Å². The third kappa shape index (κ3) is 5.36. The number of alkyl halides is 3. The third-order valence-corrected chi connectivity index (χ3v) is 6.27. The average Bonchev–Trinajstić information content (AvgIpc) is 3.43. The highest BCUT2D eigenvalue weighted by atomic mass is 32.1. The predicted octanol–water partition coefficient (Wildman–Crippen LogP) is 4.50. The Kier molecular flexibility index (Phi) is 6.71. The Labute approximate surface area is 193 Å². The molecular formula is C22H24F3N5O2S. The number of amides is 1. The number of hydrogen-bond acceptors (Lipinski definition) is 6. The van der Waals surface area contributed by atoms with Crippen LogP contribution in [0, 0.1) is 0 Å². The largest absolute Gasteiger partial charge is 0.573 e. The summed E-state index contributed by atoms with van der Waals surface area (Å²) in [6.45, 7) is 5.75. The van der Waals surface area contributed by atoms with Crippen LogP contribution in [0.4, 0.5) is 13.2 Å². The Morgan fingerprint density at radius 3 is 2.70 bits per heavy atom.